The highest BCUT2D eigenvalue weighted by Crippen LogP contribution is 2.58. The van der Waals surface area contributed by atoms with E-state index >= 15 is 0 Å². The zero-order valence-electron chi connectivity index (χ0n) is 17.8. The lowest BCUT2D eigenvalue weighted by molar-refractivity contribution is -0.114. The quantitative estimate of drug-likeness (QED) is 0.645. The van der Waals surface area contributed by atoms with E-state index in [1.165, 1.54) is 17.7 Å². The van der Waals surface area contributed by atoms with E-state index in [4.69, 9.17) is 4.74 Å². The molecule has 1 N–H and O–H groups in total. The van der Waals surface area contributed by atoms with Gasteiger partial charge in [-0.05, 0) is 12.8 Å². The van der Waals surface area contributed by atoms with Crippen LogP contribution in [0.3, 0.4) is 0 Å². The summed E-state index contributed by atoms with van der Waals surface area (Å²) in [6.45, 7) is 2.72. The Morgan fingerprint density at radius 1 is 1.25 bits per heavy atom. The Hall–Kier alpha value is -3.63. The number of carbonyl (C=O) groups excluding carboxylic acids is 1. The molecule has 3 aromatic heterocycles. The first-order valence-corrected chi connectivity index (χ1v) is 10.1. The summed E-state index contributed by atoms with van der Waals surface area (Å²) in [5.74, 6) is -3.27. The van der Waals surface area contributed by atoms with Gasteiger partial charge in [-0.2, -0.15) is 13.8 Å². The maximum Gasteiger partial charge on any atom is 0.304 e. The van der Waals surface area contributed by atoms with Gasteiger partial charge in [-0.3, -0.25) is 9.48 Å². The Labute approximate surface area is 182 Å². The number of pyridine rings is 1. The second-order valence-electron chi connectivity index (χ2n) is 8.34. The fourth-order valence-corrected chi connectivity index (χ4v) is 3.94. The van der Waals surface area contributed by atoms with Gasteiger partial charge in [0, 0.05) is 69.0 Å². The number of carbonyl (C=O) groups is 1. The predicted octanol–water partition coefficient (Wildman–Crippen LogP) is 3.65. The van der Waals surface area contributed by atoms with Crippen molar-refractivity contribution in [2.75, 3.05) is 16.8 Å². The molecule has 0 unspecified atom stereocenters. The van der Waals surface area contributed by atoms with Gasteiger partial charge in [0.15, 0.2) is 0 Å². The zero-order chi connectivity index (χ0) is 22.7. The minimum Gasteiger partial charge on any atom is -0.419 e. The van der Waals surface area contributed by atoms with Crippen molar-refractivity contribution in [3.8, 4) is 11.8 Å². The van der Waals surface area contributed by atoms with E-state index in [9.17, 15) is 13.6 Å². The van der Waals surface area contributed by atoms with Crippen LogP contribution in [0.1, 0.15) is 38.1 Å². The molecule has 5 rings (SSSR count). The van der Waals surface area contributed by atoms with E-state index in [-0.39, 0.29) is 28.9 Å². The van der Waals surface area contributed by atoms with Gasteiger partial charge in [0.2, 0.25) is 23.5 Å². The number of rotatable bonds is 5. The van der Waals surface area contributed by atoms with Crippen molar-refractivity contribution in [1.29, 1.82) is 0 Å². The summed E-state index contributed by atoms with van der Waals surface area (Å²) in [6.07, 6.45) is 5.36. The van der Waals surface area contributed by atoms with Crippen LogP contribution in [0.4, 0.5) is 26.1 Å². The normalized spacial score (nSPS) is 16.2. The molecule has 3 aromatic rings. The molecule has 2 aliphatic rings. The first kappa shape index (κ1) is 20.3. The third kappa shape index (κ3) is 3.63. The van der Waals surface area contributed by atoms with E-state index in [1.807, 2.05) is 4.90 Å². The summed E-state index contributed by atoms with van der Waals surface area (Å²) in [6, 6.07) is 4.88. The number of halogens is 2. The van der Waals surface area contributed by atoms with Crippen molar-refractivity contribution in [3.63, 3.8) is 0 Å². The van der Waals surface area contributed by atoms with Crippen molar-refractivity contribution < 1.29 is 18.3 Å². The van der Waals surface area contributed by atoms with Gasteiger partial charge in [0.25, 0.3) is 0 Å². The van der Waals surface area contributed by atoms with Gasteiger partial charge in [-0.1, -0.05) is 0 Å². The fourth-order valence-electron chi connectivity index (χ4n) is 3.94. The van der Waals surface area contributed by atoms with E-state index in [2.05, 4.69) is 25.4 Å². The highest BCUT2D eigenvalue weighted by atomic mass is 19.3. The molecule has 32 heavy (non-hydrogen) atoms. The van der Waals surface area contributed by atoms with Gasteiger partial charge in [0.1, 0.15) is 11.6 Å². The Bertz CT molecular complexity index is 1220. The number of fused-ring (bicyclic) bond motifs is 2. The summed E-state index contributed by atoms with van der Waals surface area (Å²) < 4.78 is 35.7. The molecule has 1 amide bonds. The number of amides is 1. The topological polar surface area (TPSA) is 98.1 Å². The Kier molecular flexibility index (Phi) is 4.40. The van der Waals surface area contributed by atoms with E-state index in [0.717, 1.165) is 31.0 Å². The third-order valence-corrected chi connectivity index (χ3v) is 5.62. The maximum absolute atomic E-state index is 14.2. The lowest BCUT2D eigenvalue weighted by atomic mass is 10.0. The number of aryl methyl sites for hydroxylation is 1. The lowest BCUT2D eigenvalue weighted by Gasteiger charge is -2.21. The molecular formula is C21H21F2N7O2. The average molecular weight is 441 g/mol. The number of nitrogens with zero attached hydrogens (tertiary/aromatic N) is 6. The van der Waals surface area contributed by atoms with Crippen molar-refractivity contribution >= 4 is 23.2 Å². The molecule has 0 radical (unpaired) electrons. The summed E-state index contributed by atoms with van der Waals surface area (Å²) in [4.78, 5) is 25.8. The molecule has 1 aliphatic carbocycles. The van der Waals surface area contributed by atoms with Gasteiger partial charge in [0.05, 0.1) is 5.69 Å². The fraction of sp³-hybridized carbons (Fsp3) is 0.381. The minimum absolute atomic E-state index is 0.0281. The van der Waals surface area contributed by atoms with Crippen LogP contribution in [-0.2, 0) is 23.2 Å². The number of hydrogen-bond acceptors (Lipinski definition) is 7. The summed E-state index contributed by atoms with van der Waals surface area (Å²) >= 11 is 0. The molecule has 4 heterocycles. The molecule has 0 saturated heterocycles. The van der Waals surface area contributed by atoms with Crippen LogP contribution in [-0.4, -0.2) is 37.2 Å². The average Bonchev–Trinajstić information content (AvgIpc) is 3.27. The van der Waals surface area contributed by atoms with Gasteiger partial charge in [-0.15, -0.1) is 5.10 Å². The molecular weight excluding hydrogens is 420 g/mol. The van der Waals surface area contributed by atoms with Crippen LogP contribution in [0, 0.1) is 0 Å². The molecule has 1 spiro atoms. The third-order valence-electron chi connectivity index (χ3n) is 5.62. The first-order chi connectivity index (χ1) is 15.1. The molecule has 1 aliphatic heterocycles. The second kappa shape index (κ2) is 6.94. The van der Waals surface area contributed by atoms with Crippen LogP contribution in [0.5, 0.6) is 11.8 Å². The zero-order valence-corrected chi connectivity index (χ0v) is 17.8. The van der Waals surface area contributed by atoms with Crippen LogP contribution >= 0.6 is 0 Å². The molecule has 9 nitrogen and oxygen atoms in total. The molecule has 0 atom stereocenters. The van der Waals surface area contributed by atoms with Gasteiger partial charge >= 0.3 is 5.92 Å². The van der Waals surface area contributed by atoms with Gasteiger partial charge in [-0.25, -0.2) is 9.97 Å². The first-order valence-electron chi connectivity index (χ1n) is 10.1. The van der Waals surface area contributed by atoms with Crippen molar-refractivity contribution in [1.82, 2.24) is 24.7 Å². The highest BCUT2D eigenvalue weighted by molar-refractivity contribution is 5.89. The van der Waals surface area contributed by atoms with Crippen molar-refractivity contribution in [2.45, 2.75) is 38.0 Å². The Balaban J connectivity index is 1.58. The number of hydrogen-bond donors (Lipinski definition) is 1. The monoisotopic (exact) mass is 441 g/mol. The van der Waals surface area contributed by atoms with Crippen LogP contribution < -0.4 is 15.0 Å². The van der Waals surface area contributed by atoms with Crippen LogP contribution in [0.15, 0.2) is 30.6 Å². The number of ether oxygens (including phenoxy) is 1. The van der Waals surface area contributed by atoms with Gasteiger partial charge < -0.3 is 15.0 Å². The summed E-state index contributed by atoms with van der Waals surface area (Å²) in [5, 5.41) is 6.79. The maximum atomic E-state index is 14.2. The van der Waals surface area contributed by atoms with Crippen molar-refractivity contribution in [2.24, 2.45) is 7.05 Å². The SMILES string of the molecule is CC(=O)Nc1cc2c(cn1)C1(CC1)CN2c1cc(Oc2ccn(C)n2)nc(C(C)(F)F)n1. The number of nitrogens with one attached hydrogen (secondary N) is 1. The second-order valence-corrected chi connectivity index (χ2v) is 8.34. The molecule has 0 aromatic carbocycles. The lowest BCUT2D eigenvalue weighted by Crippen LogP contribution is -2.22. The predicted molar refractivity (Wildman–Crippen MR) is 111 cm³/mol. The highest BCUT2D eigenvalue weighted by Gasteiger charge is 2.53. The number of alkyl halides is 2. The molecule has 1 fully saturated rings. The summed E-state index contributed by atoms with van der Waals surface area (Å²) in [5.41, 5.74) is 1.70. The van der Waals surface area contributed by atoms with E-state index < -0.39 is 11.7 Å². The largest absolute Gasteiger partial charge is 0.419 e. The Morgan fingerprint density at radius 3 is 2.66 bits per heavy atom. The molecule has 11 heteroatoms. The standard InChI is InChI=1S/C21H21F2N7O2/c1-12(31)25-15-8-14-13(10-24-15)21(5-6-21)11-30(14)16-9-18(27-19(26-16)20(2,22)23)32-17-4-7-29(3)28-17/h4,7-10H,5-6,11H2,1-3H3,(H,24,25,31). The van der Waals surface area contributed by atoms with Crippen LogP contribution in [0.2, 0.25) is 0 Å². The van der Waals surface area contributed by atoms with E-state index in [0.29, 0.717) is 12.4 Å². The van der Waals surface area contributed by atoms with E-state index in [1.54, 1.807) is 31.6 Å². The minimum atomic E-state index is -3.27. The number of anilines is 3. The molecule has 166 valence electrons. The number of aromatic nitrogens is 5. The van der Waals surface area contributed by atoms with Crippen molar-refractivity contribution in [3.05, 3.63) is 42.0 Å². The smallest absolute Gasteiger partial charge is 0.304 e. The van der Waals surface area contributed by atoms with Crippen LogP contribution in [0.25, 0.3) is 0 Å². The molecule has 1 saturated carbocycles. The summed E-state index contributed by atoms with van der Waals surface area (Å²) in [7, 11) is 1.72. The Morgan fingerprint density at radius 2 is 2.03 bits per heavy atom. The molecule has 0 bridgehead atoms.